The maximum Gasteiger partial charge on any atom is 0.0717 e. The minimum atomic E-state index is 0.335. The Bertz CT molecular complexity index is 620. The van der Waals surface area contributed by atoms with Crippen molar-refractivity contribution in [3.8, 4) is 0 Å². The molecule has 1 spiro atoms. The smallest absolute Gasteiger partial charge is 0.0717 e. The van der Waals surface area contributed by atoms with Crippen LogP contribution in [0.25, 0.3) is 0 Å². The lowest BCUT2D eigenvalue weighted by Crippen LogP contribution is -2.47. The number of aromatic nitrogens is 1. The van der Waals surface area contributed by atoms with Gasteiger partial charge in [-0.3, -0.25) is 9.88 Å². The fraction of sp³-hybridized carbons (Fsp3) is 0.450. The number of hydrogen-bond acceptors (Lipinski definition) is 3. The zero-order valence-corrected chi connectivity index (χ0v) is 13.7. The summed E-state index contributed by atoms with van der Waals surface area (Å²) in [6.45, 7) is 3.20. The second kappa shape index (κ2) is 6.32. The number of anilines is 1. The third-order valence-corrected chi connectivity index (χ3v) is 5.41. The van der Waals surface area contributed by atoms with E-state index in [1.165, 1.54) is 49.9 Å². The minimum absolute atomic E-state index is 0.335. The standard InChI is InChI=1S/C20H25N3/c1-3-9-19(10-4-1)23-17-22(15-18-8-7-13-21-14-18)16-20(23)11-5-2-6-12-20/h1,3-4,7-10,13-14H,2,5-6,11-12,15-17H2. The van der Waals surface area contributed by atoms with Gasteiger partial charge in [-0.1, -0.05) is 43.5 Å². The third kappa shape index (κ3) is 2.98. The summed E-state index contributed by atoms with van der Waals surface area (Å²) in [7, 11) is 0. The van der Waals surface area contributed by atoms with E-state index in [0.29, 0.717) is 5.54 Å². The SMILES string of the molecule is c1ccc(N2CN(Cc3cccnc3)CC23CCCCC3)cc1. The molecule has 1 aromatic heterocycles. The lowest BCUT2D eigenvalue weighted by atomic mass is 9.81. The van der Waals surface area contributed by atoms with Crippen molar-refractivity contribution in [2.45, 2.75) is 44.2 Å². The molecule has 0 atom stereocenters. The van der Waals surface area contributed by atoms with Crippen LogP contribution in [-0.4, -0.2) is 28.6 Å². The molecule has 1 aliphatic carbocycles. The average Bonchev–Trinajstić information content (AvgIpc) is 2.94. The highest BCUT2D eigenvalue weighted by Crippen LogP contribution is 2.41. The van der Waals surface area contributed by atoms with Crippen molar-refractivity contribution in [2.24, 2.45) is 0 Å². The van der Waals surface area contributed by atoms with E-state index in [1.807, 2.05) is 18.5 Å². The van der Waals surface area contributed by atoms with Gasteiger partial charge in [-0.2, -0.15) is 0 Å². The fourth-order valence-corrected chi connectivity index (χ4v) is 4.36. The Morgan fingerprint density at radius 2 is 1.78 bits per heavy atom. The predicted molar refractivity (Wildman–Crippen MR) is 94.3 cm³/mol. The quantitative estimate of drug-likeness (QED) is 0.852. The van der Waals surface area contributed by atoms with E-state index in [-0.39, 0.29) is 0 Å². The van der Waals surface area contributed by atoms with Crippen molar-refractivity contribution >= 4 is 5.69 Å². The summed E-state index contributed by atoms with van der Waals surface area (Å²) in [5, 5.41) is 0. The van der Waals surface area contributed by atoms with Crippen LogP contribution in [0, 0.1) is 0 Å². The van der Waals surface area contributed by atoms with Gasteiger partial charge in [0.15, 0.2) is 0 Å². The molecule has 1 saturated carbocycles. The first-order valence-electron chi connectivity index (χ1n) is 8.80. The van der Waals surface area contributed by atoms with E-state index in [9.17, 15) is 0 Å². The molecule has 2 heterocycles. The molecule has 0 bridgehead atoms. The summed E-state index contributed by atoms with van der Waals surface area (Å²) in [4.78, 5) is 9.53. The van der Waals surface area contributed by atoms with Gasteiger partial charge in [-0.25, -0.2) is 0 Å². The summed E-state index contributed by atoms with van der Waals surface area (Å²) in [5.41, 5.74) is 3.03. The summed E-state index contributed by atoms with van der Waals surface area (Å²) < 4.78 is 0. The lowest BCUT2D eigenvalue weighted by molar-refractivity contribution is 0.257. The Labute approximate surface area is 139 Å². The molecule has 2 aliphatic rings. The number of benzene rings is 1. The van der Waals surface area contributed by atoms with E-state index >= 15 is 0 Å². The zero-order chi connectivity index (χ0) is 15.5. The van der Waals surface area contributed by atoms with Crippen molar-refractivity contribution in [1.29, 1.82) is 0 Å². The van der Waals surface area contributed by atoms with Crippen molar-refractivity contribution in [3.63, 3.8) is 0 Å². The van der Waals surface area contributed by atoms with Crippen molar-refractivity contribution in [2.75, 3.05) is 18.1 Å². The molecule has 2 aromatic rings. The molecule has 120 valence electrons. The monoisotopic (exact) mass is 307 g/mol. The summed E-state index contributed by atoms with van der Waals surface area (Å²) >= 11 is 0. The molecule has 0 unspecified atom stereocenters. The van der Waals surface area contributed by atoms with Gasteiger partial charge in [0.25, 0.3) is 0 Å². The number of pyridine rings is 1. The summed E-state index contributed by atoms with van der Waals surface area (Å²) in [5.74, 6) is 0. The largest absolute Gasteiger partial charge is 0.352 e. The van der Waals surface area contributed by atoms with E-state index < -0.39 is 0 Å². The molecule has 0 radical (unpaired) electrons. The summed E-state index contributed by atoms with van der Waals surface area (Å²) in [6, 6.07) is 15.2. The Kier molecular flexibility index (Phi) is 4.04. The van der Waals surface area contributed by atoms with Crippen LogP contribution in [0.15, 0.2) is 54.9 Å². The highest BCUT2D eigenvalue weighted by molar-refractivity contribution is 5.50. The van der Waals surface area contributed by atoms with Crippen LogP contribution < -0.4 is 4.90 Å². The van der Waals surface area contributed by atoms with Gasteiger partial charge in [0.05, 0.1) is 12.2 Å². The van der Waals surface area contributed by atoms with Crippen LogP contribution in [0.5, 0.6) is 0 Å². The van der Waals surface area contributed by atoms with E-state index in [4.69, 9.17) is 0 Å². The van der Waals surface area contributed by atoms with Gasteiger partial charge in [0.2, 0.25) is 0 Å². The summed E-state index contributed by atoms with van der Waals surface area (Å²) in [6.07, 6.45) is 10.6. The Morgan fingerprint density at radius 1 is 0.957 bits per heavy atom. The van der Waals surface area contributed by atoms with Gasteiger partial charge in [-0.15, -0.1) is 0 Å². The van der Waals surface area contributed by atoms with E-state index in [0.717, 1.165) is 13.2 Å². The predicted octanol–water partition coefficient (Wildman–Crippen LogP) is 4.06. The number of hydrogen-bond donors (Lipinski definition) is 0. The number of para-hydroxylation sites is 1. The first-order chi connectivity index (χ1) is 11.4. The van der Waals surface area contributed by atoms with Gasteiger partial charge in [0, 0.05) is 31.2 Å². The Hall–Kier alpha value is -1.87. The normalized spacial score (nSPS) is 21.0. The number of rotatable bonds is 3. The molecule has 3 nitrogen and oxygen atoms in total. The van der Waals surface area contributed by atoms with Crippen molar-refractivity contribution in [3.05, 3.63) is 60.4 Å². The van der Waals surface area contributed by atoms with Crippen LogP contribution in [0.1, 0.15) is 37.7 Å². The number of nitrogens with zero attached hydrogens (tertiary/aromatic N) is 3. The molecule has 1 aliphatic heterocycles. The Morgan fingerprint density at radius 3 is 2.52 bits per heavy atom. The lowest BCUT2D eigenvalue weighted by Gasteiger charge is -2.42. The molecule has 2 fully saturated rings. The molecule has 1 aromatic carbocycles. The molecule has 4 rings (SSSR count). The molecule has 3 heteroatoms. The topological polar surface area (TPSA) is 19.4 Å². The molecule has 0 amide bonds. The highest BCUT2D eigenvalue weighted by atomic mass is 15.4. The first-order valence-corrected chi connectivity index (χ1v) is 8.80. The van der Waals surface area contributed by atoms with E-state index in [1.54, 1.807) is 0 Å². The minimum Gasteiger partial charge on any atom is -0.352 e. The third-order valence-electron chi connectivity index (χ3n) is 5.41. The molecular weight excluding hydrogens is 282 g/mol. The highest BCUT2D eigenvalue weighted by Gasteiger charge is 2.44. The fourth-order valence-electron chi connectivity index (χ4n) is 4.36. The first kappa shape index (κ1) is 14.7. The van der Waals surface area contributed by atoms with Crippen LogP contribution in [0.3, 0.4) is 0 Å². The maximum atomic E-state index is 4.27. The van der Waals surface area contributed by atoms with Crippen LogP contribution >= 0.6 is 0 Å². The van der Waals surface area contributed by atoms with Gasteiger partial charge in [-0.05, 0) is 36.6 Å². The van der Waals surface area contributed by atoms with E-state index in [2.05, 4.69) is 51.2 Å². The van der Waals surface area contributed by atoms with Gasteiger partial charge < -0.3 is 4.90 Å². The zero-order valence-electron chi connectivity index (χ0n) is 13.7. The Balaban J connectivity index is 1.58. The molecule has 23 heavy (non-hydrogen) atoms. The van der Waals surface area contributed by atoms with Crippen molar-refractivity contribution < 1.29 is 0 Å². The maximum absolute atomic E-state index is 4.27. The van der Waals surface area contributed by atoms with Crippen LogP contribution in [0.2, 0.25) is 0 Å². The second-order valence-corrected chi connectivity index (χ2v) is 7.04. The molecular formula is C20H25N3. The van der Waals surface area contributed by atoms with Gasteiger partial charge in [0.1, 0.15) is 0 Å². The molecule has 0 N–H and O–H groups in total. The van der Waals surface area contributed by atoms with Crippen LogP contribution in [-0.2, 0) is 6.54 Å². The van der Waals surface area contributed by atoms with Gasteiger partial charge >= 0.3 is 0 Å². The molecule has 1 saturated heterocycles. The second-order valence-electron chi connectivity index (χ2n) is 7.04. The van der Waals surface area contributed by atoms with Crippen molar-refractivity contribution in [1.82, 2.24) is 9.88 Å². The van der Waals surface area contributed by atoms with Crippen LogP contribution in [0.4, 0.5) is 5.69 Å². The average molecular weight is 307 g/mol.